The van der Waals surface area contributed by atoms with Crippen molar-refractivity contribution in [3.63, 3.8) is 0 Å². The predicted octanol–water partition coefficient (Wildman–Crippen LogP) is 3.16. The summed E-state index contributed by atoms with van der Waals surface area (Å²) in [6, 6.07) is 9.57. The fraction of sp³-hybridized carbons (Fsp3) is 0.318. The first-order valence-corrected chi connectivity index (χ1v) is 9.63. The third-order valence-corrected chi connectivity index (χ3v) is 5.10. The van der Waals surface area contributed by atoms with E-state index in [1.165, 1.54) is 9.80 Å². The van der Waals surface area contributed by atoms with Crippen molar-refractivity contribution in [2.75, 3.05) is 32.5 Å². The van der Waals surface area contributed by atoms with E-state index in [-0.39, 0.29) is 23.3 Å². The molecule has 0 spiro atoms. The largest absolute Gasteiger partial charge is 0.345 e. The molecule has 1 aliphatic rings. The second kappa shape index (κ2) is 9.02. The highest BCUT2D eigenvalue weighted by Crippen LogP contribution is 2.22. The van der Waals surface area contributed by atoms with E-state index in [1.807, 2.05) is 0 Å². The van der Waals surface area contributed by atoms with Crippen LogP contribution in [0, 0.1) is 17.6 Å². The summed E-state index contributed by atoms with van der Waals surface area (Å²) in [5.74, 6) is -2.81. The molecule has 0 aromatic heterocycles. The average Bonchev–Trinajstić information content (AvgIpc) is 2.73. The Kier molecular flexibility index (Phi) is 6.44. The fourth-order valence-electron chi connectivity index (χ4n) is 3.41. The fourth-order valence-corrected chi connectivity index (χ4v) is 3.41. The number of nitrogens with zero attached hydrogens (tertiary/aromatic N) is 2. The summed E-state index contributed by atoms with van der Waals surface area (Å²) in [7, 11) is 3.31. The third kappa shape index (κ3) is 4.82. The molecule has 1 fully saturated rings. The number of nitrogens with one attached hydrogen (secondary N) is 1. The Morgan fingerprint density at radius 3 is 2.37 bits per heavy atom. The van der Waals surface area contributed by atoms with Crippen LogP contribution in [0.4, 0.5) is 14.5 Å². The minimum absolute atomic E-state index is 0.161. The van der Waals surface area contributed by atoms with Gasteiger partial charge in [-0.25, -0.2) is 8.78 Å². The molecule has 8 heteroatoms. The molecule has 1 aliphatic heterocycles. The van der Waals surface area contributed by atoms with Crippen molar-refractivity contribution in [2.24, 2.45) is 5.92 Å². The van der Waals surface area contributed by atoms with Crippen molar-refractivity contribution >= 4 is 23.4 Å². The van der Waals surface area contributed by atoms with Gasteiger partial charge in [0.2, 0.25) is 5.91 Å². The molecule has 2 aromatic rings. The molecule has 2 aromatic carbocycles. The molecule has 1 N–H and O–H groups in total. The van der Waals surface area contributed by atoms with Gasteiger partial charge in [0.25, 0.3) is 11.8 Å². The van der Waals surface area contributed by atoms with Crippen LogP contribution in [0.25, 0.3) is 0 Å². The molecule has 3 amide bonds. The summed E-state index contributed by atoms with van der Waals surface area (Å²) in [6.45, 7) is 0.597. The number of carbonyl (C=O) groups is 3. The summed E-state index contributed by atoms with van der Waals surface area (Å²) in [6.07, 6.45) is 0.855. The zero-order valence-electron chi connectivity index (χ0n) is 16.8. The molecular weight excluding hydrogens is 392 g/mol. The quantitative estimate of drug-likeness (QED) is 0.834. The van der Waals surface area contributed by atoms with Crippen LogP contribution in [-0.4, -0.2) is 54.7 Å². The number of anilines is 1. The molecule has 3 rings (SSSR count). The number of rotatable bonds is 4. The lowest BCUT2D eigenvalue weighted by molar-refractivity contribution is -0.121. The Hall–Kier alpha value is -3.29. The van der Waals surface area contributed by atoms with E-state index < -0.39 is 17.5 Å². The number of piperidine rings is 1. The van der Waals surface area contributed by atoms with E-state index in [2.05, 4.69) is 5.32 Å². The van der Waals surface area contributed by atoms with Gasteiger partial charge >= 0.3 is 0 Å². The maximum Gasteiger partial charge on any atom is 0.256 e. The number of amides is 3. The van der Waals surface area contributed by atoms with Gasteiger partial charge in [0, 0.05) is 50.4 Å². The Balaban J connectivity index is 1.58. The number of carbonyl (C=O) groups excluding carboxylic acids is 3. The summed E-state index contributed by atoms with van der Waals surface area (Å²) in [4.78, 5) is 40.1. The zero-order chi connectivity index (χ0) is 21.8. The van der Waals surface area contributed by atoms with Gasteiger partial charge < -0.3 is 15.1 Å². The molecule has 30 heavy (non-hydrogen) atoms. The Morgan fingerprint density at radius 1 is 1.03 bits per heavy atom. The summed E-state index contributed by atoms with van der Waals surface area (Å²) >= 11 is 0. The van der Waals surface area contributed by atoms with Crippen molar-refractivity contribution in [1.82, 2.24) is 9.80 Å². The highest BCUT2D eigenvalue weighted by atomic mass is 19.1. The minimum atomic E-state index is -0.896. The predicted molar refractivity (Wildman–Crippen MR) is 108 cm³/mol. The first-order valence-electron chi connectivity index (χ1n) is 9.63. The number of likely N-dealkylation sites (tertiary alicyclic amines) is 1. The van der Waals surface area contributed by atoms with Gasteiger partial charge in [-0.05, 0) is 43.2 Å². The van der Waals surface area contributed by atoms with Gasteiger partial charge in [0.1, 0.15) is 11.6 Å². The molecule has 1 saturated heterocycles. The van der Waals surface area contributed by atoms with Crippen molar-refractivity contribution in [3.8, 4) is 0 Å². The summed E-state index contributed by atoms with van der Waals surface area (Å²) in [5, 5.41) is 2.82. The van der Waals surface area contributed by atoms with Crippen molar-refractivity contribution in [3.05, 3.63) is 65.2 Å². The van der Waals surface area contributed by atoms with Crippen LogP contribution in [0.2, 0.25) is 0 Å². The smallest absolute Gasteiger partial charge is 0.256 e. The van der Waals surface area contributed by atoms with E-state index in [0.717, 1.165) is 12.1 Å². The SMILES string of the molecule is CN(C)C(=O)c1cccc(NC(=O)C2CCN(C(=O)c3ccc(F)cc3F)CC2)c1. The van der Waals surface area contributed by atoms with E-state index >= 15 is 0 Å². The van der Waals surface area contributed by atoms with Crippen LogP contribution in [0.15, 0.2) is 42.5 Å². The van der Waals surface area contributed by atoms with Gasteiger partial charge in [-0.2, -0.15) is 0 Å². The summed E-state index contributed by atoms with van der Waals surface area (Å²) < 4.78 is 26.9. The van der Waals surface area contributed by atoms with E-state index in [9.17, 15) is 23.2 Å². The number of benzene rings is 2. The van der Waals surface area contributed by atoms with Crippen LogP contribution >= 0.6 is 0 Å². The highest BCUT2D eigenvalue weighted by Gasteiger charge is 2.29. The maximum absolute atomic E-state index is 13.9. The lowest BCUT2D eigenvalue weighted by atomic mass is 9.95. The zero-order valence-corrected chi connectivity index (χ0v) is 16.8. The first-order chi connectivity index (χ1) is 14.3. The van der Waals surface area contributed by atoms with Gasteiger partial charge in [-0.1, -0.05) is 6.07 Å². The van der Waals surface area contributed by atoms with Crippen LogP contribution in [0.3, 0.4) is 0 Å². The van der Waals surface area contributed by atoms with Gasteiger partial charge in [0.15, 0.2) is 0 Å². The van der Waals surface area contributed by atoms with Gasteiger partial charge in [0.05, 0.1) is 5.56 Å². The molecular formula is C22H23F2N3O3. The van der Waals surface area contributed by atoms with Crippen molar-refractivity contribution in [1.29, 1.82) is 0 Å². The second-order valence-corrected chi connectivity index (χ2v) is 7.46. The van der Waals surface area contributed by atoms with Crippen LogP contribution < -0.4 is 5.32 Å². The molecule has 0 aliphatic carbocycles. The summed E-state index contributed by atoms with van der Waals surface area (Å²) in [5.41, 5.74) is 0.820. The highest BCUT2D eigenvalue weighted by molar-refractivity contribution is 5.98. The van der Waals surface area contributed by atoms with E-state index in [4.69, 9.17) is 0 Å². The van der Waals surface area contributed by atoms with E-state index in [1.54, 1.807) is 38.4 Å². The monoisotopic (exact) mass is 415 g/mol. The standard InChI is InChI=1S/C22H23F2N3O3/c1-26(2)21(29)15-4-3-5-17(12-15)25-20(28)14-8-10-27(11-9-14)22(30)18-7-6-16(23)13-19(18)24/h3-7,12-14H,8-11H2,1-2H3,(H,25,28). The number of hydrogen-bond donors (Lipinski definition) is 1. The van der Waals surface area contributed by atoms with Gasteiger partial charge in [-0.3, -0.25) is 14.4 Å². The molecule has 158 valence electrons. The minimum Gasteiger partial charge on any atom is -0.345 e. The number of halogens is 2. The Bertz CT molecular complexity index is 970. The molecule has 6 nitrogen and oxygen atoms in total. The lowest BCUT2D eigenvalue weighted by Crippen LogP contribution is -2.41. The van der Waals surface area contributed by atoms with Gasteiger partial charge in [-0.15, -0.1) is 0 Å². The van der Waals surface area contributed by atoms with Crippen molar-refractivity contribution < 1.29 is 23.2 Å². The molecule has 0 unspecified atom stereocenters. The second-order valence-electron chi connectivity index (χ2n) is 7.46. The Labute approximate surface area is 173 Å². The molecule has 1 heterocycles. The van der Waals surface area contributed by atoms with Crippen LogP contribution in [0.1, 0.15) is 33.6 Å². The molecule has 0 radical (unpaired) electrons. The number of hydrogen-bond acceptors (Lipinski definition) is 3. The van der Waals surface area contributed by atoms with Crippen LogP contribution in [0.5, 0.6) is 0 Å². The van der Waals surface area contributed by atoms with E-state index in [0.29, 0.717) is 43.2 Å². The molecule has 0 bridgehead atoms. The van der Waals surface area contributed by atoms with Crippen LogP contribution in [-0.2, 0) is 4.79 Å². The molecule has 0 atom stereocenters. The topological polar surface area (TPSA) is 69.7 Å². The Morgan fingerprint density at radius 2 is 1.73 bits per heavy atom. The maximum atomic E-state index is 13.9. The third-order valence-electron chi connectivity index (χ3n) is 5.10. The molecule has 0 saturated carbocycles. The normalized spacial score (nSPS) is 14.3. The first kappa shape index (κ1) is 21.4. The van der Waals surface area contributed by atoms with Crippen molar-refractivity contribution in [2.45, 2.75) is 12.8 Å². The average molecular weight is 415 g/mol. The lowest BCUT2D eigenvalue weighted by Gasteiger charge is -2.31.